The fourth-order valence-corrected chi connectivity index (χ4v) is 0.938. The number of carbonyl (C=O) groups is 1. The van der Waals surface area contributed by atoms with Crippen LogP contribution in [0.25, 0.3) is 0 Å². The Bertz CT molecular complexity index is 283. The van der Waals surface area contributed by atoms with E-state index in [-0.39, 0.29) is 6.42 Å². The summed E-state index contributed by atoms with van der Waals surface area (Å²) >= 11 is 0. The van der Waals surface area contributed by atoms with Crippen LogP contribution in [0.4, 0.5) is 0 Å². The summed E-state index contributed by atoms with van der Waals surface area (Å²) in [6.45, 7) is 8.27. The molecule has 0 unspecified atom stereocenters. The van der Waals surface area contributed by atoms with E-state index in [1.165, 1.54) is 5.56 Å². The second kappa shape index (κ2) is 6.23. The van der Waals surface area contributed by atoms with Gasteiger partial charge in [-0.15, -0.1) is 0 Å². The Labute approximate surface area is 91.9 Å². The zero-order valence-corrected chi connectivity index (χ0v) is 9.95. The quantitative estimate of drug-likeness (QED) is 0.767. The number of carboxylic acids is 1. The summed E-state index contributed by atoms with van der Waals surface area (Å²) in [4.78, 5) is 9.37. The van der Waals surface area contributed by atoms with Gasteiger partial charge in [0.15, 0.2) is 0 Å². The molecule has 84 valence electrons. The van der Waals surface area contributed by atoms with Crippen molar-refractivity contribution in [2.75, 3.05) is 0 Å². The van der Waals surface area contributed by atoms with Crippen LogP contribution >= 0.6 is 0 Å². The van der Waals surface area contributed by atoms with E-state index >= 15 is 0 Å². The molecule has 1 rings (SSSR count). The Kier molecular flexibility index (Phi) is 5.68. The third-order valence-corrected chi connectivity index (χ3v) is 1.94. The maximum atomic E-state index is 9.37. The number of hydrogen-bond acceptors (Lipinski definition) is 1. The predicted octanol–water partition coefficient (Wildman–Crippen LogP) is 3.47. The minimum atomic E-state index is -0.745. The lowest BCUT2D eigenvalue weighted by molar-refractivity contribution is -0.136. The van der Waals surface area contributed by atoms with Gasteiger partial charge in [0.2, 0.25) is 0 Å². The topological polar surface area (TPSA) is 37.3 Å². The Balaban J connectivity index is 0.000000336. The molecule has 1 aromatic carbocycles. The summed E-state index contributed by atoms with van der Waals surface area (Å²) in [6, 6.07) is 10.6. The Morgan fingerprint density at radius 3 is 1.80 bits per heavy atom. The highest BCUT2D eigenvalue weighted by atomic mass is 16.4. The lowest BCUT2D eigenvalue weighted by Crippen LogP contribution is -2.10. The maximum absolute atomic E-state index is 9.37. The molecule has 0 amide bonds. The molecule has 0 atom stereocenters. The van der Waals surface area contributed by atoms with Gasteiger partial charge in [-0.3, -0.25) is 4.79 Å². The summed E-state index contributed by atoms with van der Waals surface area (Å²) in [5, 5.41) is 7.72. The van der Waals surface area contributed by atoms with Crippen LogP contribution in [0.3, 0.4) is 0 Å². The maximum Gasteiger partial charge on any atom is 0.303 e. The van der Waals surface area contributed by atoms with Gasteiger partial charge in [0.05, 0.1) is 0 Å². The Hall–Kier alpha value is -1.31. The summed E-state index contributed by atoms with van der Waals surface area (Å²) in [5.41, 5.74) is 1.69. The molecule has 1 N–H and O–H groups in total. The van der Waals surface area contributed by atoms with Crippen LogP contribution < -0.4 is 0 Å². The van der Waals surface area contributed by atoms with Gasteiger partial charge in [0, 0.05) is 6.42 Å². The molecule has 2 nitrogen and oxygen atoms in total. The molecule has 0 saturated heterocycles. The van der Waals surface area contributed by atoms with Crippen molar-refractivity contribution in [2.45, 2.75) is 39.5 Å². The molecule has 0 radical (unpaired) electrons. The Morgan fingerprint density at radius 1 is 1.20 bits per heavy atom. The zero-order chi connectivity index (χ0) is 11.9. The zero-order valence-electron chi connectivity index (χ0n) is 9.95. The molecule has 15 heavy (non-hydrogen) atoms. The number of aliphatic carboxylic acids is 1. The van der Waals surface area contributed by atoms with Gasteiger partial charge in [-0.2, -0.15) is 0 Å². The van der Waals surface area contributed by atoms with Crippen molar-refractivity contribution in [3.8, 4) is 0 Å². The molecular weight excluding hydrogens is 188 g/mol. The monoisotopic (exact) mass is 208 g/mol. The number of hydrogen-bond donors (Lipinski definition) is 1. The first-order chi connectivity index (χ1) is 6.88. The van der Waals surface area contributed by atoms with E-state index in [2.05, 4.69) is 51.1 Å². The molecule has 1 aromatic rings. The van der Waals surface area contributed by atoms with Crippen LogP contribution in [0.1, 0.15) is 39.7 Å². The van der Waals surface area contributed by atoms with E-state index in [0.717, 1.165) is 0 Å². The molecule has 0 aromatic heterocycles. The SMILES string of the molecule is CC(C)(C)c1ccccc1.CCC(=O)O. The first-order valence-electron chi connectivity index (χ1n) is 5.15. The van der Waals surface area contributed by atoms with Crippen LogP contribution in [0.5, 0.6) is 0 Å². The van der Waals surface area contributed by atoms with Crippen LogP contribution in [0.15, 0.2) is 30.3 Å². The standard InChI is InChI=1S/C10H14.C3H6O2/c1-10(2,3)9-7-5-4-6-8-9;1-2-3(4)5/h4-8H,1-3H3;2H2,1H3,(H,4,5). The average molecular weight is 208 g/mol. The molecule has 2 heteroatoms. The van der Waals surface area contributed by atoms with Gasteiger partial charge in [0.25, 0.3) is 0 Å². The van der Waals surface area contributed by atoms with E-state index in [1.54, 1.807) is 6.92 Å². The van der Waals surface area contributed by atoms with E-state index < -0.39 is 5.97 Å². The van der Waals surface area contributed by atoms with Crippen molar-refractivity contribution in [3.63, 3.8) is 0 Å². The van der Waals surface area contributed by atoms with Crippen molar-refractivity contribution >= 4 is 5.97 Å². The van der Waals surface area contributed by atoms with Crippen molar-refractivity contribution in [3.05, 3.63) is 35.9 Å². The van der Waals surface area contributed by atoms with Gasteiger partial charge in [-0.05, 0) is 11.0 Å². The fourth-order valence-electron chi connectivity index (χ4n) is 0.938. The van der Waals surface area contributed by atoms with Gasteiger partial charge in [-0.25, -0.2) is 0 Å². The summed E-state index contributed by atoms with van der Waals surface area (Å²) in [6.07, 6.45) is 0.222. The van der Waals surface area contributed by atoms with E-state index in [1.807, 2.05) is 0 Å². The molecule has 0 aliphatic rings. The van der Waals surface area contributed by atoms with Crippen LogP contribution in [-0.4, -0.2) is 11.1 Å². The van der Waals surface area contributed by atoms with Crippen molar-refractivity contribution in [2.24, 2.45) is 0 Å². The highest BCUT2D eigenvalue weighted by molar-refractivity contribution is 5.66. The minimum Gasteiger partial charge on any atom is -0.481 e. The van der Waals surface area contributed by atoms with Crippen LogP contribution in [0, 0.1) is 0 Å². The normalized spacial score (nSPS) is 10.1. The highest BCUT2D eigenvalue weighted by Gasteiger charge is 2.11. The number of benzene rings is 1. The summed E-state index contributed by atoms with van der Waals surface area (Å²) in [7, 11) is 0. The third kappa shape index (κ3) is 6.72. The number of carboxylic acid groups (broad SMARTS) is 1. The fraction of sp³-hybridized carbons (Fsp3) is 0.462. The largest absolute Gasteiger partial charge is 0.481 e. The van der Waals surface area contributed by atoms with E-state index in [9.17, 15) is 4.79 Å². The third-order valence-electron chi connectivity index (χ3n) is 1.94. The Morgan fingerprint density at radius 2 is 1.60 bits per heavy atom. The molecular formula is C13H20O2. The van der Waals surface area contributed by atoms with Crippen LogP contribution in [0.2, 0.25) is 0 Å². The highest BCUT2D eigenvalue weighted by Crippen LogP contribution is 2.20. The lowest BCUT2D eigenvalue weighted by Gasteiger charge is -2.18. The second-order valence-electron chi connectivity index (χ2n) is 4.36. The predicted molar refractivity (Wildman–Crippen MR) is 63.1 cm³/mol. The van der Waals surface area contributed by atoms with Crippen molar-refractivity contribution in [1.82, 2.24) is 0 Å². The minimum absolute atomic E-state index is 0.222. The molecule has 0 aliphatic carbocycles. The molecule has 0 spiro atoms. The first-order valence-corrected chi connectivity index (χ1v) is 5.15. The van der Waals surface area contributed by atoms with Crippen molar-refractivity contribution in [1.29, 1.82) is 0 Å². The lowest BCUT2D eigenvalue weighted by atomic mass is 9.87. The van der Waals surface area contributed by atoms with Gasteiger partial charge >= 0.3 is 5.97 Å². The first kappa shape index (κ1) is 13.7. The second-order valence-corrected chi connectivity index (χ2v) is 4.36. The van der Waals surface area contributed by atoms with E-state index in [4.69, 9.17) is 5.11 Å². The van der Waals surface area contributed by atoms with Gasteiger partial charge in [-0.1, -0.05) is 58.0 Å². The number of rotatable bonds is 1. The van der Waals surface area contributed by atoms with Gasteiger partial charge in [0.1, 0.15) is 0 Å². The molecule has 0 saturated carbocycles. The molecule has 0 bridgehead atoms. The summed E-state index contributed by atoms with van der Waals surface area (Å²) in [5.74, 6) is -0.745. The van der Waals surface area contributed by atoms with Crippen LogP contribution in [-0.2, 0) is 10.2 Å². The molecule has 0 fully saturated rings. The van der Waals surface area contributed by atoms with E-state index in [0.29, 0.717) is 5.41 Å². The average Bonchev–Trinajstić information content (AvgIpc) is 2.19. The van der Waals surface area contributed by atoms with Crippen molar-refractivity contribution < 1.29 is 9.90 Å². The molecule has 0 heterocycles. The summed E-state index contributed by atoms with van der Waals surface area (Å²) < 4.78 is 0. The molecule has 0 aliphatic heterocycles. The smallest absolute Gasteiger partial charge is 0.303 e. The van der Waals surface area contributed by atoms with Gasteiger partial charge < -0.3 is 5.11 Å².